The van der Waals surface area contributed by atoms with Crippen LogP contribution in [0.5, 0.6) is 11.5 Å². The van der Waals surface area contributed by atoms with Crippen LogP contribution in [-0.4, -0.2) is 19.0 Å². The zero-order chi connectivity index (χ0) is 14.8. The van der Waals surface area contributed by atoms with Gasteiger partial charge in [-0.25, -0.2) is 0 Å². The lowest BCUT2D eigenvalue weighted by atomic mass is 10.0. The number of fused-ring (bicyclic) bond motifs is 1. The number of benzene rings is 2. The van der Waals surface area contributed by atoms with Crippen molar-refractivity contribution in [3.63, 3.8) is 0 Å². The molecule has 4 heteroatoms. The van der Waals surface area contributed by atoms with Gasteiger partial charge in [-0.15, -0.1) is 0 Å². The maximum Gasteiger partial charge on any atom is 0.178 e. The Morgan fingerprint density at radius 2 is 2.14 bits per heavy atom. The van der Waals surface area contributed by atoms with Gasteiger partial charge in [0.25, 0.3) is 0 Å². The van der Waals surface area contributed by atoms with E-state index in [0.29, 0.717) is 12.8 Å². The Bertz CT molecular complexity index is 656. The number of Topliss-reactive ketones (excluding diaryl/α,β-unsaturated/α-hetero) is 1. The first-order valence-electron chi connectivity index (χ1n) is 6.77. The predicted octanol–water partition coefficient (Wildman–Crippen LogP) is 3.57. The van der Waals surface area contributed by atoms with Gasteiger partial charge in [0.15, 0.2) is 11.9 Å². The molecule has 1 unspecified atom stereocenters. The molecule has 0 aromatic heterocycles. The molecule has 0 aliphatic carbocycles. The summed E-state index contributed by atoms with van der Waals surface area (Å²) in [5.41, 5.74) is 1.97. The van der Waals surface area contributed by atoms with Gasteiger partial charge < -0.3 is 9.47 Å². The first-order chi connectivity index (χ1) is 10.2. The normalized spacial score (nSPS) is 16.2. The first-order valence-corrected chi connectivity index (χ1v) is 7.56. The maximum atomic E-state index is 12.5. The van der Waals surface area contributed by atoms with Gasteiger partial charge >= 0.3 is 0 Å². The second-order valence-corrected chi connectivity index (χ2v) is 5.93. The molecule has 1 heterocycles. The van der Waals surface area contributed by atoms with Crippen molar-refractivity contribution in [2.24, 2.45) is 0 Å². The van der Waals surface area contributed by atoms with Crippen molar-refractivity contribution in [1.29, 1.82) is 0 Å². The van der Waals surface area contributed by atoms with Crippen LogP contribution in [-0.2, 0) is 17.6 Å². The molecule has 1 aliphatic rings. The molecule has 1 aliphatic heterocycles. The van der Waals surface area contributed by atoms with Crippen molar-refractivity contribution < 1.29 is 14.3 Å². The van der Waals surface area contributed by atoms with Crippen LogP contribution in [0.3, 0.4) is 0 Å². The van der Waals surface area contributed by atoms with Crippen molar-refractivity contribution in [2.45, 2.75) is 18.9 Å². The number of hydrogen-bond donors (Lipinski definition) is 0. The van der Waals surface area contributed by atoms with E-state index in [1.54, 1.807) is 7.11 Å². The van der Waals surface area contributed by atoms with Crippen molar-refractivity contribution in [2.75, 3.05) is 7.11 Å². The van der Waals surface area contributed by atoms with Crippen LogP contribution in [0.4, 0.5) is 0 Å². The highest BCUT2D eigenvalue weighted by Crippen LogP contribution is 2.30. The van der Waals surface area contributed by atoms with E-state index in [4.69, 9.17) is 9.47 Å². The molecule has 3 rings (SSSR count). The molecular formula is C17H15BrO3. The molecule has 0 amide bonds. The second kappa shape index (κ2) is 5.90. The summed E-state index contributed by atoms with van der Waals surface area (Å²) in [5, 5.41) is 0. The minimum atomic E-state index is -0.397. The van der Waals surface area contributed by atoms with Gasteiger partial charge in [0.1, 0.15) is 11.5 Å². The summed E-state index contributed by atoms with van der Waals surface area (Å²) in [7, 11) is 1.61. The smallest absolute Gasteiger partial charge is 0.178 e. The van der Waals surface area contributed by atoms with Crippen molar-refractivity contribution in [3.8, 4) is 11.5 Å². The Morgan fingerprint density at radius 1 is 1.33 bits per heavy atom. The topological polar surface area (TPSA) is 35.5 Å². The zero-order valence-electron chi connectivity index (χ0n) is 11.6. The molecule has 108 valence electrons. The summed E-state index contributed by atoms with van der Waals surface area (Å²) in [4.78, 5) is 12.5. The Hall–Kier alpha value is -1.81. The highest BCUT2D eigenvalue weighted by Gasteiger charge is 2.29. The maximum absolute atomic E-state index is 12.5. The highest BCUT2D eigenvalue weighted by molar-refractivity contribution is 9.10. The van der Waals surface area contributed by atoms with E-state index in [-0.39, 0.29) is 5.78 Å². The Morgan fingerprint density at radius 3 is 2.90 bits per heavy atom. The summed E-state index contributed by atoms with van der Waals surface area (Å²) in [6, 6.07) is 13.5. The minimum absolute atomic E-state index is 0.0719. The monoisotopic (exact) mass is 346 g/mol. The van der Waals surface area contributed by atoms with E-state index in [9.17, 15) is 4.79 Å². The van der Waals surface area contributed by atoms with Gasteiger partial charge in [-0.3, -0.25) is 4.79 Å². The molecule has 1 atom stereocenters. The number of hydrogen-bond acceptors (Lipinski definition) is 3. The lowest BCUT2D eigenvalue weighted by Crippen LogP contribution is -2.27. The largest absolute Gasteiger partial charge is 0.496 e. The number of carbonyl (C=O) groups is 1. The molecule has 0 saturated carbocycles. The number of carbonyl (C=O) groups excluding carboxylic acids is 1. The molecule has 21 heavy (non-hydrogen) atoms. The van der Waals surface area contributed by atoms with Gasteiger partial charge in [-0.05, 0) is 29.8 Å². The Labute approximate surface area is 132 Å². The second-order valence-electron chi connectivity index (χ2n) is 5.02. The number of para-hydroxylation sites is 1. The van der Waals surface area contributed by atoms with E-state index >= 15 is 0 Å². The molecule has 3 nitrogen and oxygen atoms in total. The van der Waals surface area contributed by atoms with Gasteiger partial charge in [0.2, 0.25) is 0 Å². The molecule has 2 aromatic rings. The van der Waals surface area contributed by atoms with Crippen LogP contribution in [0, 0.1) is 0 Å². The van der Waals surface area contributed by atoms with E-state index in [1.165, 1.54) is 0 Å². The van der Waals surface area contributed by atoms with Crippen LogP contribution in [0.1, 0.15) is 11.1 Å². The lowest BCUT2D eigenvalue weighted by molar-refractivity contribution is -0.124. The Kier molecular flexibility index (Phi) is 3.97. The van der Waals surface area contributed by atoms with Crippen molar-refractivity contribution >= 4 is 21.7 Å². The molecule has 0 bridgehead atoms. The summed E-state index contributed by atoms with van der Waals surface area (Å²) in [6.07, 6.45) is 0.554. The lowest BCUT2D eigenvalue weighted by Gasteiger charge is -2.12. The zero-order valence-corrected chi connectivity index (χ0v) is 13.2. The van der Waals surface area contributed by atoms with E-state index in [2.05, 4.69) is 15.9 Å². The highest BCUT2D eigenvalue weighted by atomic mass is 79.9. The standard InChI is InChI=1S/C17H15BrO3/c1-20-15-7-6-13(18)8-12(15)9-14(19)17-10-11-4-2-3-5-16(11)21-17/h2-8,17H,9-10H2,1H3. The third kappa shape index (κ3) is 2.95. The first kappa shape index (κ1) is 14.1. The molecule has 0 N–H and O–H groups in total. The molecule has 0 radical (unpaired) electrons. The molecule has 0 spiro atoms. The molecular weight excluding hydrogens is 332 g/mol. The van der Waals surface area contributed by atoms with Crippen LogP contribution >= 0.6 is 15.9 Å². The number of methoxy groups -OCH3 is 1. The summed E-state index contributed by atoms with van der Waals surface area (Å²) in [5.74, 6) is 1.61. The summed E-state index contributed by atoms with van der Waals surface area (Å²) in [6.45, 7) is 0. The third-order valence-corrected chi connectivity index (χ3v) is 4.11. The fraction of sp³-hybridized carbons (Fsp3) is 0.235. The molecule has 0 fully saturated rings. The van der Waals surface area contributed by atoms with E-state index in [0.717, 1.165) is 27.1 Å². The van der Waals surface area contributed by atoms with E-state index in [1.807, 2.05) is 42.5 Å². The van der Waals surface area contributed by atoms with Gasteiger partial charge in [-0.1, -0.05) is 34.1 Å². The van der Waals surface area contributed by atoms with Crippen LogP contribution < -0.4 is 9.47 Å². The van der Waals surface area contributed by atoms with Gasteiger partial charge in [0.05, 0.1) is 7.11 Å². The van der Waals surface area contributed by atoms with Crippen LogP contribution in [0.15, 0.2) is 46.9 Å². The number of ketones is 1. The fourth-order valence-electron chi connectivity index (χ4n) is 2.55. The van der Waals surface area contributed by atoms with Crippen molar-refractivity contribution in [3.05, 3.63) is 58.1 Å². The fourth-order valence-corrected chi connectivity index (χ4v) is 2.96. The predicted molar refractivity (Wildman–Crippen MR) is 84.0 cm³/mol. The summed E-state index contributed by atoms with van der Waals surface area (Å²) >= 11 is 3.42. The van der Waals surface area contributed by atoms with Crippen LogP contribution in [0.25, 0.3) is 0 Å². The Balaban J connectivity index is 1.75. The van der Waals surface area contributed by atoms with Crippen molar-refractivity contribution in [1.82, 2.24) is 0 Å². The van der Waals surface area contributed by atoms with Gasteiger partial charge in [0, 0.05) is 22.9 Å². The SMILES string of the molecule is COc1ccc(Br)cc1CC(=O)C1Cc2ccccc2O1. The average Bonchev–Trinajstić information content (AvgIpc) is 2.91. The molecule has 2 aromatic carbocycles. The van der Waals surface area contributed by atoms with E-state index < -0.39 is 6.10 Å². The number of halogens is 1. The van der Waals surface area contributed by atoms with Gasteiger partial charge in [-0.2, -0.15) is 0 Å². The third-order valence-electron chi connectivity index (χ3n) is 3.61. The minimum Gasteiger partial charge on any atom is -0.496 e. The number of ether oxygens (including phenoxy) is 2. The average molecular weight is 347 g/mol. The quantitative estimate of drug-likeness (QED) is 0.848. The number of rotatable bonds is 4. The molecule has 0 saturated heterocycles. The summed E-state index contributed by atoms with van der Waals surface area (Å²) < 4.78 is 12.0. The van der Waals surface area contributed by atoms with Crippen LogP contribution in [0.2, 0.25) is 0 Å².